The molecule has 0 radical (unpaired) electrons. The number of nitrogens with zero attached hydrogens (tertiary/aromatic N) is 4. The third kappa shape index (κ3) is 4.56. The number of benzene rings is 1. The molecule has 1 aliphatic heterocycles. The maximum Gasteiger partial charge on any atom is 0.235 e. The Kier molecular flexibility index (Phi) is 5.49. The highest BCUT2D eigenvalue weighted by atomic mass is 16.7. The fourth-order valence-corrected chi connectivity index (χ4v) is 3.40. The van der Waals surface area contributed by atoms with Crippen LogP contribution < -0.4 is 14.8 Å². The first-order chi connectivity index (χ1) is 14.0. The van der Waals surface area contributed by atoms with E-state index < -0.39 is 0 Å². The van der Waals surface area contributed by atoms with Gasteiger partial charge in [-0.05, 0) is 50.1 Å². The van der Waals surface area contributed by atoms with Gasteiger partial charge in [0.25, 0.3) is 0 Å². The second-order valence-corrected chi connectivity index (χ2v) is 8.02. The molecule has 7 nitrogen and oxygen atoms in total. The first-order valence-corrected chi connectivity index (χ1v) is 9.95. The van der Waals surface area contributed by atoms with Crippen LogP contribution in [0, 0.1) is 6.92 Å². The summed E-state index contributed by atoms with van der Waals surface area (Å²) in [5.74, 6) is 2.35. The van der Waals surface area contributed by atoms with Gasteiger partial charge >= 0.3 is 0 Å². The fourth-order valence-electron chi connectivity index (χ4n) is 3.40. The van der Waals surface area contributed by atoms with E-state index >= 15 is 0 Å². The number of ether oxygens (including phenoxy) is 2. The van der Waals surface area contributed by atoms with Gasteiger partial charge in [-0.1, -0.05) is 19.9 Å². The average Bonchev–Trinajstić information content (AvgIpc) is 3.38. The van der Waals surface area contributed by atoms with E-state index in [-0.39, 0.29) is 5.41 Å². The lowest BCUT2D eigenvalue weighted by atomic mass is 9.88. The molecule has 0 amide bonds. The maximum absolute atomic E-state index is 5.45. The second kappa shape index (κ2) is 8.21. The van der Waals surface area contributed by atoms with Crippen molar-refractivity contribution in [3.05, 3.63) is 59.9 Å². The van der Waals surface area contributed by atoms with Crippen LogP contribution in [0.5, 0.6) is 11.5 Å². The predicted molar refractivity (Wildman–Crippen MR) is 111 cm³/mol. The molecule has 1 aromatic carbocycles. The highest BCUT2D eigenvalue weighted by molar-refractivity contribution is 5.44. The summed E-state index contributed by atoms with van der Waals surface area (Å²) >= 11 is 0. The van der Waals surface area contributed by atoms with E-state index in [2.05, 4.69) is 47.3 Å². The summed E-state index contributed by atoms with van der Waals surface area (Å²) in [5.41, 5.74) is 3.14. The summed E-state index contributed by atoms with van der Waals surface area (Å²) in [6, 6.07) is 8.24. The molecule has 3 aromatic rings. The Labute approximate surface area is 171 Å². The van der Waals surface area contributed by atoms with Gasteiger partial charge in [-0.2, -0.15) is 0 Å². The number of hydrogen-bond donors (Lipinski definition) is 1. The summed E-state index contributed by atoms with van der Waals surface area (Å²) in [5, 5.41) is 3.58. The quantitative estimate of drug-likeness (QED) is 0.593. The van der Waals surface area contributed by atoms with Crippen molar-refractivity contribution in [2.45, 2.75) is 39.0 Å². The Bertz CT molecular complexity index is 969. The Morgan fingerprint density at radius 2 is 2.00 bits per heavy atom. The van der Waals surface area contributed by atoms with Crippen molar-refractivity contribution < 1.29 is 9.47 Å². The van der Waals surface area contributed by atoms with Gasteiger partial charge in [0.05, 0.1) is 5.69 Å². The first-order valence-electron chi connectivity index (χ1n) is 9.95. The summed E-state index contributed by atoms with van der Waals surface area (Å²) < 4.78 is 12.7. The molecule has 0 fully saturated rings. The van der Waals surface area contributed by atoms with Crippen LogP contribution in [-0.4, -0.2) is 39.4 Å². The topological polar surface area (TPSA) is 74.1 Å². The molecule has 152 valence electrons. The highest BCUT2D eigenvalue weighted by Gasteiger charge is 2.23. The number of aromatic nitrogens is 4. The van der Waals surface area contributed by atoms with Gasteiger partial charge in [-0.3, -0.25) is 4.57 Å². The van der Waals surface area contributed by atoms with E-state index in [1.807, 2.05) is 23.8 Å². The van der Waals surface area contributed by atoms with E-state index in [4.69, 9.17) is 14.5 Å². The van der Waals surface area contributed by atoms with Crippen LogP contribution in [0.15, 0.2) is 43.0 Å². The van der Waals surface area contributed by atoms with Crippen LogP contribution in [0.1, 0.15) is 37.2 Å². The zero-order valence-corrected chi connectivity index (χ0v) is 17.2. The van der Waals surface area contributed by atoms with Gasteiger partial charge in [0.15, 0.2) is 11.5 Å². The summed E-state index contributed by atoms with van der Waals surface area (Å²) in [6.07, 6.45) is 7.37. The van der Waals surface area contributed by atoms with E-state index in [0.29, 0.717) is 12.7 Å². The molecule has 0 saturated heterocycles. The molecular weight excluding hydrogens is 366 g/mol. The minimum absolute atomic E-state index is 0.109. The van der Waals surface area contributed by atoms with Gasteiger partial charge in [0.2, 0.25) is 12.7 Å². The molecule has 1 N–H and O–H groups in total. The molecule has 0 unspecified atom stereocenters. The van der Waals surface area contributed by atoms with E-state index in [1.54, 1.807) is 12.5 Å². The van der Waals surface area contributed by atoms with E-state index in [9.17, 15) is 0 Å². The van der Waals surface area contributed by atoms with Crippen LogP contribution >= 0.6 is 0 Å². The summed E-state index contributed by atoms with van der Waals surface area (Å²) in [7, 11) is 0. The molecule has 2 aromatic heterocycles. The minimum atomic E-state index is -0.109. The molecule has 29 heavy (non-hydrogen) atoms. The van der Waals surface area contributed by atoms with Crippen LogP contribution in [0.2, 0.25) is 0 Å². The summed E-state index contributed by atoms with van der Waals surface area (Å²) in [4.78, 5) is 13.4. The SMILES string of the molecule is Cc1cc(C(C)(C)CNCCCc2ccc3c(c2)OCO3)nc(-n2ccnc2)n1. The number of imidazole rings is 1. The average molecular weight is 393 g/mol. The zero-order chi connectivity index (χ0) is 20.3. The molecule has 0 saturated carbocycles. The monoisotopic (exact) mass is 393 g/mol. The van der Waals surface area contributed by atoms with Crippen molar-refractivity contribution in [2.75, 3.05) is 19.9 Å². The van der Waals surface area contributed by atoms with Crippen molar-refractivity contribution in [1.29, 1.82) is 0 Å². The second-order valence-electron chi connectivity index (χ2n) is 8.02. The Balaban J connectivity index is 1.31. The molecule has 4 rings (SSSR count). The molecule has 3 heterocycles. The Hall–Kier alpha value is -2.93. The van der Waals surface area contributed by atoms with Crippen LogP contribution in [0.3, 0.4) is 0 Å². The van der Waals surface area contributed by atoms with E-state index in [1.165, 1.54) is 5.56 Å². The van der Waals surface area contributed by atoms with E-state index in [0.717, 1.165) is 48.8 Å². The lowest BCUT2D eigenvalue weighted by molar-refractivity contribution is 0.174. The standard InChI is InChI=1S/C22H27N5O2/c1-16-11-20(26-21(25-16)27-10-9-24-14-27)22(2,3)13-23-8-4-5-17-6-7-18-19(12-17)29-15-28-18/h6-7,9-12,14,23H,4-5,8,13,15H2,1-3H3. The minimum Gasteiger partial charge on any atom is -0.454 e. The van der Waals surface area contributed by atoms with Crippen molar-refractivity contribution in [3.8, 4) is 17.4 Å². The van der Waals surface area contributed by atoms with Crippen molar-refractivity contribution in [1.82, 2.24) is 24.8 Å². The zero-order valence-electron chi connectivity index (χ0n) is 17.2. The molecule has 0 atom stereocenters. The lowest BCUT2D eigenvalue weighted by Crippen LogP contribution is -2.34. The van der Waals surface area contributed by atoms with Crippen molar-refractivity contribution >= 4 is 0 Å². The third-order valence-corrected chi connectivity index (χ3v) is 5.09. The fraction of sp³-hybridized carbons (Fsp3) is 0.409. The maximum atomic E-state index is 5.45. The number of rotatable bonds is 8. The highest BCUT2D eigenvalue weighted by Crippen LogP contribution is 2.32. The normalized spacial score (nSPS) is 13.1. The van der Waals surface area contributed by atoms with Gasteiger partial charge in [-0.15, -0.1) is 0 Å². The Morgan fingerprint density at radius 3 is 2.83 bits per heavy atom. The largest absolute Gasteiger partial charge is 0.454 e. The number of hydrogen-bond acceptors (Lipinski definition) is 6. The van der Waals surface area contributed by atoms with Crippen molar-refractivity contribution in [3.63, 3.8) is 0 Å². The van der Waals surface area contributed by atoms with Gasteiger partial charge in [-0.25, -0.2) is 15.0 Å². The number of nitrogens with one attached hydrogen (secondary N) is 1. The molecule has 7 heteroatoms. The lowest BCUT2D eigenvalue weighted by Gasteiger charge is -2.25. The predicted octanol–water partition coefficient (Wildman–Crippen LogP) is 3.20. The van der Waals surface area contributed by atoms with Crippen molar-refractivity contribution in [2.24, 2.45) is 0 Å². The van der Waals surface area contributed by atoms with Gasteiger partial charge in [0.1, 0.15) is 6.33 Å². The Morgan fingerprint density at radius 1 is 1.14 bits per heavy atom. The molecule has 0 spiro atoms. The molecular formula is C22H27N5O2. The number of aryl methyl sites for hydroxylation is 2. The number of fused-ring (bicyclic) bond motifs is 1. The molecule has 1 aliphatic rings. The smallest absolute Gasteiger partial charge is 0.235 e. The molecule has 0 aliphatic carbocycles. The van der Waals surface area contributed by atoms with Gasteiger partial charge < -0.3 is 14.8 Å². The molecule has 0 bridgehead atoms. The first kappa shape index (κ1) is 19.4. The van der Waals surface area contributed by atoms with Crippen LogP contribution in [0.4, 0.5) is 0 Å². The summed E-state index contributed by atoms with van der Waals surface area (Å²) in [6.45, 7) is 8.51. The van der Waals surface area contributed by atoms with Crippen LogP contribution in [-0.2, 0) is 11.8 Å². The van der Waals surface area contributed by atoms with Crippen LogP contribution in [0.25, 0.3) is 5.95 Å². The third-order valence-electron chi connectivity index (χ3n) is 5.09. The van der Waals surface area contributed by atoms with Gasteiger partial charge in [0, 0.05) is 30.0 Å².